The van der Waals surface area contributed by atoms with Crippen molar-refractivity contribution in [1.29, 1.82) is 0 Å². The van der Waals surface area contributed by atoms with Crippen molar-refractivity contribution in [2.24, 2.45) is 0 Å². The van der Waals surface area contributed by atoms with E-state index in [0.29, 0.717) is 5.56 Å². The third-order valence-corrected chi connectivity index (χ3v) is 2.46. The van der Waals surface area contributed by atoms with Gasteiger partial charge in [0.1, 0.15) is 0 Å². The average molecular weight is 282 g/mol. The van der Waals surface area contributed by atoms with Gasteiger partial charge in [-0.15, -0.1) is 0 Å². The molecule has 0 saturated heterocycles. The first kappa shape index (κ1) is 11.3. The van der Waals surface area contributed by atoms with Gasteiger partial charge in [0.15, 0.2) is 0 Å². The normalized spacial score (nSPS) is 12.2. The van der Waals surface area contributed by atoms with E-state index in [4.69, 9.17) is 15.8 Å². The van der Waals surface area contributed by atoms with Crippen molar-refractivity contribution in [3.63, 3.8) is 0 Å². The summed E-state index contributed by atoms with van der Waals surface area (Å²) in [6.45, 7) is 1.67. The SMILES string of the molecule is Cc1cccc(O[Se](=O)O)c1C(=O)Cl. The van der Waals surface area contributed by atoms with Crippen molar-refractivity contribution in [3.8, 4) is 5.75 Å². The number of benzene rings is 1. The first-order valence-corrected chi connectivity index (χ1v) is 6.15. The van der Waals surface area contributed by atoms with E-state index in [1.54, 1.807) is 19.1 Å². The van der Waals surface area contributed by atoms with Crippen molar-refractivity contribution < 1.29 is 16.6 Å². The maximum absolute atomic E-state index is 11.0. The second-order valence-electron chi connectivity index (χ2n) is 2.52. The molecule has 0 aromatic heterocycles. The molecule has 0 aliphatic heterocycles. The summed E-state index contributed by atoms with van der Waals surface area (Å²) in [6.07, 6.45) is 0. The van der Waals surface area contributed by atoms with Gasteiger partial charge in [-0.05, 0) is 0 Å². The summed E-state index contributed by atoms with van der Waals surface area (Å²) < 4.78 is 23.7. The molecule has 1 aromatic carbocycles. The summed E-state index contributed by atoms with van der Waals surface area (Å²) in [6, 6.07) is 4.70. The van der Waals surface area contributed by atoms with E-state index >= 15 is 0 Å². The molecule has 0 saturated carbocycles. The van der Waals surface area contributed by atoms with Gasteiger partial charge in [-0.3, -0.25) is 0 Å². The Kier molecular flexibility index (Phi) is 3.77. The Hall–Kier alpha value is -0.741. The molecule has 1 atom stereocenters. The molecule has 0 bridgehead atoms. The Bertz CT molecular complexity index is 391. The van der Waals surface area contributed by atoms with E-state index in [1.165, 1.54) is 6.07 Å². The Morgan fingerprint density at radius 2 is 2.21 bits per heavy atom. The molecule has 0 amide bonds. The standard InChI is InChI=1S/C8H7ClO4Se/c1-5-3-2-4-6(13-14(11)12)7(5)8(9)10/h2-4H,1H3,(H,11,12). The van der Waals surface area contributed by atoms with Gasteiger partial charge in [0, 0.05) is 0 Å². The molecule has 0 spiro atoms. The average Bonchev–Trinajstić information content (AvgIpc) is 2.01. The van der Waals surface area contributed by atoms with Crippen LogP contribution in [0.4, 0.5) is 0 Å². The second-order valence-corrected chi connectivity index (χ2v) is 4.13. The summed E-state index contributed by atoms with van der Waals surface area (Å²) in [7, 11) is 0. The Morgan fingerprint density at radius 1 is 1.57 bits per heavy atom. The van der Waals surface area contributed by atoms with E-state index in [1.807, 2.05) is 0 Å². The van der Waals surface area contributed by atoms with Crippen LogP contribution in [0.1, 0.15) is 15.9 Å². The molecule has 14 heavy (non-hydrogen) atoms. The molecule has 0 radical (unpaired) electrons. The molecule has 1 N–H and O–H groups in total. The maximum atomic E-state index is 11.0. The van der Waals surface area contributed by atoms with Gasteiger partial charge in [-0.2, -0.15) is 0 Å². The van der Waals surface area contributed by atoms with E-state index in [-0.39, 0.29) is 11.3 Å². The summed E-state index contributed by atoms with van der Waals surface area (Å²) >= 11 is 1.98. The topological polar surface area (TPSA) is 63.6 Å². The number of hydrogen-bond donors (Lipinski definition) is 1. The molecule has 1 unspecified atom stereocenters. The minimum atomic E-state index is -3.32. The molecule has 1 aromatic rings. The zero-order valence-electron chi connectivity index (χ0n) is 7.19. The molecule has 4 nitrogen and oxygen atoms in total. The van der Waals surface area contributed by atoms with Crippen LogP contribution in [0.15, 0.2) is 18.2 Å². The zero-order valence-corrected chi connectivity index (χ0v) is 9.66. The van der Waals surface area contributed by atoms with Crippen LogP contribution < -0.4 is 3.82 Å². The van der Waals surface area contributed by atoms with Crippen LogP contribution in [0.3, 0.4) is 0 Å². The summed E-state index contributed by atoms with van der Waals surface area (Å²) in [5.74, 6) is 0.0486. The molecule has 1 rings (SSSR count). The first-order chi connectivity index (χ1) is 6.52. The molecule has 0 fully saturated rings. The fraction of sp³-hybridized carbons (Fsp3) is 0.125. The van der Waals surface area contributed by atoms with Gasteiger partial charge in [0.05, 0.1) is 0 Å². The number of aryl methyl sites for hydroxylation is 1. The van der Waals surface area contributed by atoms with E-state index < -0.39 is 19.7 Å². The van der Waals surface area contributed by atoms with Gasteiger partial charge >= 0.3 is 90.0 Å². The molecular formula is C8H7ClO4Se. The quantitative estimate of drug-likeness (QED) is 0.667. The van der Waals surface area contributed by atoms with Crippen molar-refractivity contribution >= 4 is 31.3 Å². The Balaban J connectivity index is 3.21. The van der Waals surface area contributed by atoms with Crippen molar-refractivity contribution in [1.82, 2.24) is 0 Å². The van der Waals surface area contributed by atoms with Gasteiger partial charge in [0.25, 0.3) is 0 Å². The Morgan fingerprint density at radius 3 is 2.71 bits per heavy atom. The van der Waals surface area contributed by atoms with Crippen LogP contribution in [0.2, 0.25) is 0 Å². The van der Waals surface area contributed by atoms with Crippen LogP contribution in [0.5, 0.6) is 5.75 Å². The van der Waals surface area contributed by atoms with Gasteiger partial charge in [-0.25, -0.2) is 0 Å². The number of carbonyl (C=O) groups excluding carboxylic acids is 1. The number of halogens is 1. The molecule has 6 heteroatoms. The van der Waals surface area contributed by atoms with E-state index in [0.717, 1.165) is 0 Å². The number of carbonyl (C=O) groups is 1. The second kappa shape index (κ2) is 4.66. The first-order valence-electron chi connectivity index (χ1n) is 3.61. The molecule has 0 heterocycles. The van der Waals surface area contributed by atoms with E-state index in [2.05, 4.69) is 3.82 Å². The fourth-order valence-corrected chi connectivity index (χ4v) is 1.89. The minimum absolute atomic E-state index is 0.0486. The summed E-state index contributed by atoms with van der Waals surface area (Å²) in [4.78, 5) is 11.0. The predicted molar refractivity (Wildman–Crippen MR) is 50.6 cm³/mol. The van der Waals surface area contributed by atoms with Crippen molar-refractivity contribution in [2.75, 3.05) is 0 Å². The fourth-order valence-electron chi connectivity index (χ4n) is 1.04. The third kappa shape index (κ3) is 2.62. The van der Waals surface area contributed by atoms with Crippen molar-refractivity contribution in [3.05, 3.63) is 29.3 Å². The van der Waals surface area contributed by atoms with Crippen molar-refractivity contribution in [2.45, 2.75) is 6.92 Å². The summed E-state index contributed by atoms with van der Waals surface area (Å²) in [5, 5.41) is -0.703. The van der Waals surface area contributed by atoms with Crippen LogP contribution >= 0.6 is 11.6 Å². The predicted octanol–water partition coefficient (Wildman–Crippen LogP) is 1.16. The van der Waals surface area contributed by atoms with Gasteiger partial charge < -0.3 is 0 Å². The third-order valence-electron chi connectivity index (χ3n) is 1.59. The van der Waals surface area contributed by atoms with Crippen LogP contribution in [-0.2, 0) is 3.83 Å². The number of hydrogen-bond acceptors (Lipinski definition) is 3. The molecular weight excluding hydrogens is 274 g/mol. The van der Waals surface area contributed by atoms with Crippen LogP contribution in [0.25, 0.3) is 0 Å². The van der Waals surface area contributed by atoms with Gasteiger partial charge in [0.2, 0.25) is 0 Å². The summed E-state index contributed by atoms with van der Waals surface area (Å²) in [5.41, 5.74) is 0.738. The Labute approximate surface area is 90.2 Å². The van der Waals surface area contributed by atoms with Crippen LogP contribution in [-0.4, -0.2) is 23.9 Å². The number of rotatable bonds is 3. The zero-order chi connectivity index (χ0) is 10.7. The monoisotopic (exact) mass is 282 g/mol. The molecule has 0 aliphatic rings. The molecule has 76 valence electrons. The molecule has 0 aliphatic carbocycles. The van der Waals surface area contributed by atoms with E-state index in [9.17, 15) is 8.63 Å². The van der Waals surface area contributed by atoms with Crippen LogP contribution in [0, 0.1) is 6.92 Å². The van der Waals surface area contributed by atoms with Gasteiger partial charge in [-0.1, -0.05) is 0 Å².